The lowest BCUT2D eigenvalue weighted by atomic mass is 9.82. The van der Waals surface area contributed by atoms with Gasteiger partial charge in [0.05, 0.1) is 16.7 Å². The van der Waals surface area contributed by atoms with Crippen LogP contribution in [0.2, 0.25) is 0 Å². The minimum Gasteiger partial charge on any atom is -0.447 e. The highest BCUT2D eigenvalue weighted by atomic mass is 32.2. The summed E-state index contributed by atoms with van der Waals surface area (Å²) in [6.07, 6.45) is 4.09. The predicted molar refractivity (Wildman–Crippen MR) is 187 cm³/mol. The summed E-state index contributed by atoms with van der Waals surface area (Å²) in [5, 5.41) is 2.99. The Hall–Kier alpha value is -3.99. The molecule has 0 unspecified atom stereocenters. The molecule has 48 heavy (non-hydrogen) atoms. The normalized spacial score (nSPS) is 21.4. The van der Waals surface area contributed by atoms with Gasteiger partial charge in [-0.1, -0.05) is 45.0 Å². The molecule has 258 valence electrons. The monoisotopic (exact) mass is 675 g/mol. The predicted octanol–water partition coefficient (Wildman–Crippen LogP) is 7.20. The molecule has 1 saturated carbocycles. The van der Waals surface area contributed by atoms with Crippen molar-refractivity contribution in [2.45, 2.75) is 123 Å². The first-order valence-electron chi connectivity index (χ1n) is 17.0. The van der Waals surface area contributed by atoms with Crippen LogP contribution in [0.15, 0.2) is 53.4 Å². The van der Waals surface area contributed by atoms with Gasteiger partial charge in [-0.2, -0.15) is 0 Å². The van der Waals surface area contributed by atoms with Gasteiger partial charge in [-0.15, -0.1) is 0 Å². The van der Waals surface area contributed by atoms with Gasteiger partial charge in [0.2, 0.25) is 5.95 Å². The van der Waals surface area contributed by atoms with Crippen molar-refractivity contribution in [2.24, 2.45) is 5.41 Å². The Bertz CT molecular complexity index is 1740. The average Bonchev–Trinajstić information content (AvgIpc) is 2.99. The summed E-state index contributed by atoms with van der Waals surface area (Å²) in [6, 6.07) is 13.9. The molecule has 1 aliphatic heterocycles. The Morgan fingerprint density at radius 1 is 1.00 bits per heavy atom. The second kappa shape index (κ2) is 14.2. The van der Waals surface area contributed by atoms with Crippen molar-refractivity contribution in [3.8, 4) is 11.3 Å². The van der Waals surface area contributed by atoms with Gasteiger partial charge in [0.15, 0.2) is 0 Å². The third kappa shape index (κ3) is 8.53. The Kier molecular flexibility index (Phi) is 10.5. The number of rotatable bonds is 5. The number of amides is 2. The van der Waals surface area contributed by atoms with Gasteiger partial charge in [-0.05, 0) is 113 Å². The number of benzene rings is 2. The summed E-state index contributed by atoms with van der Waals surface area (Å²) in [7, 11) is -4.11. The molecular formula is C37H49N5O5S. The smallest absolute Gasteiger partial charge is 0.407 e. The van der Waals surface area contributed by atoms with Gasteiger partial charge < -0.3 is 15.0 Å². The van der Waals surface area contributed by atoms with Crippen molar-refractivity contribution in [3.05, 3.63) is 70.9 Å². The van der Waals surface area contributed by atoms with Crippen LogP contribution in [0.25, 0.3) is 11.3 Å². The van der Waals surface area contributed by atoms with E-state index in [0.717, 1.165) is 23.1 Å². The van der Waals surface area contributed by atoms with E-state index in [1.165, 1.54) is 12.1 Å². The van der Waals surface area contributed by atoms with Crippen LogP contribution < -0.4 is 10.0 Å². The molecule has 11 heteroatoms. The van der Waals surface area contributed by atoms with Crippen LogP contribution in [0.3, 0.4) is 0 Å². The second-order valence-electron chi connectivity index (χ2n) is 14.7. The molecule has 2 aliphatic rings. The summed E-state index contributed by atoms with van der Waals surface area (Å²) in [5.41, 5.74) is 4.59. The number of aromatic nitrogens is 2. The van der Waals surface area contributed by atoms with E-state index in [1.807, 2.05) is 56.9 Å². The van der Waals surface area contributed by atoms with E-state index in [0.29, 0.717) is 55.5 Å². The molecule has 2 aromatic carbocycles. The number of aryl methyl sites for hydroxylation is 3. The Balaban J connectivity index is 1.57. The zero-order valence-electron chi connectivity index (χ0n) is 29.2. The van der Waals surface area contributed by atoms with Crippen LogP contribution in [0.5, 0.6) is 0 Å². The summed E-state index contributed by atoms with van der Waals surface area (Å²) >= 11 is 0. The maximum atomic E-state index is 14.6. The minimum atomic E-state index is -4.11. The highest BCUT2D eigenvalue weighted by Crippen LogP contribution is 2.35. The first-order valence-corrected chi connectivity index (χ1v) is 18.4. The Morgan fingerprint density at radius 3 is 2.31 bits per heavy atom. The molecule has 1 aliphatic carbocycles. The van der Waals surface area contributed by atoms with Crippen molar-refractivity contribution < 1.29 is 22.7 Å². The molecule has 2 heterocycles. The van der Waals surface area contributed by atoms with E-state index in [4.69, 9.17) is 9.72 Å². The van der Waals surface area contributed by atoms with E-state index in [9.17, 15) is 18.0 Å². The van der Waals surface area contributed by atoms with Crippen molar-refractivity contribution >= 4 is 28.0 Å². The first kappa shape index (κ1) is 35.3. The fourth-order valence-electron chi connectivity index (χ4n) is 7.05. The topological polar surface area (TPSA) is 131 Å². The number of nitrogens with zero attached hydrogens (tertiary/aromatic N) is 3. The Labute approximate surface area is 285 Å². The SMILES string of the molecule is Cc1cccc(C)c1-c1cc2nc(n1)NS(=O)(=O)c1cccc(c1)C(=O)N(C1CCC(NC(=O)OC(C)C)CC1)[C@H](CC(C)(C)C)CC2. The molecule has 2 amide bonds. The molecule has 1 fully saturated rings. The molecule has 4 bridgehead atoms. The average molecular weight is 676 g/mol. The molecule has 1 aromatic heterocycles. The van der Waals surface area contributed by atoms with Gasteiger partial charge in [0.25, 0.3) is 15.9 Å². The van der Waals surface area contributed by atoms with E-state index in [2.05, 4.69) is 35.8 Å². The molecule has 1 atom stereocenters. The summed E-state index contributed by atoms with van der Waals surface area (Å²) in [4.78, 5) is 38.3. The highest BCUT2D eigenvalue weighted by molar-refractivity contribution is 7.92. The number of fused-ring (bicyclic) bond motifs is 4. The number of alkyl carbamates (subject to hydrolysis) is 1. The second-order valence-corrected chi connectivity index (χ2v) is 16.4. The van der Waals surface area contributed by atoms with Crippen molar-refractivity contribution in [1.29, 1.82) is 0 Å². The fourth-order valence-corrected chi connectivity index (χ4v) is 8.04. The summed E-state index contributed by atoms with van der Waals surface area (Å²) in [5.74, 6) is -0.183. The molecule has 0 radical (unpaired) electrons. The maximum Gasteiger partial charge on any atom is 0.407 e. The van der Waals surface area contributed by atoms with Gasteiger partial charge in [0, 0.05) is 34.9 Å². The maximum absolute atomic E-state index is 14.6. The number of ether oxygens (including phenoxy) is 1. The van der Waals surface area contributed by atoms with Crippen molar-refractivity contribution in [3.63, 3.8) is 0 Å². The molecule has 10 nitrogen and oxygen atoms in total. The molecule has 5 rings (SSSR count). The number of carbonyl (C=O) groups is 2. The van der Waals surface area contributed by atoms with Crippen LogP contribution in [0.1, 0.15) is 100 Å². The third-order valence-corrected chi connectivity index (χ3v) is 10.4. The number of sulfonamides is 1. The van der Waals surface area contributed by atoms with Crippen LogP contribution in [-0.4, -0.2) is 59.5 Å². The summed E-state index contributed by atoms with van der Waals surface area (Å²) < 4.78 is 35.4. The van der Waals surface area contributed by atoms with Crippen LogP contribution in [0, 0.1) is 19.3 Å². The van der Waals surface area contributed by atoms with Crippen molar-refractivity contribution in [2.75, 3.05) is 4.72 Å². The molecule has 0 spiro atoms. The van der Waals surface area contributed by atoms with Crippen LogP contribution in [0.4, 0.5) is 10.7 Å². The van der Waals surface area contributed by atoms with Crippen LogP contribution >= 0.6 is 0 Å². The molecule has 0 saturated heterocycles. The number of carbonyl (C=O) groups excluding carboxylic acids is 2. The quantitative estimate of drug-likeness (QED) is 0.293. The fraction of sp³-hybridized carbons (Fsp3) is 0.514. The molecule has 3 aromatic rings. The number of nitrogens with one attached hydrogen (secondary N) is 2. The van der Waals surface area contributed by atoms with E-state index >= 15 is 0 Å². The van der Waals surface area contributed by atoms with Crippen molar-refractivity contribution in [1.82, 2.24) is 20.2 Å². The standard InChI is InChI=1S/C37H49N5O5S/c1-23(2)47-36(44)39-27-14-17-29(18-15-27)42-30(22-37(5,6)7)19-16-28-21-32(33-24(3)10-8-11-25(33)4)40-35(38-28)41-48(45,46)31-13-9-12-26(20-31)34(42)43/h8-13,20-21,23,27,29-30H,14-19,22H2,1-7H3,(H,39,44)(H,38,40,41)/t27?,29?,30-/m0/s1. The number of hydrogen-bond acceptors (Lipinski definition) is 7. The number of anilines is 1. The van der Waals surface area contributed by atoms with Gasteiger partial charge >= 0.3 is 6.09 Å². The van der Waals surface area contributed by atoms with Gasteiger partial charge in [0.1, 0.15) is 0 Å². The van der Waals surface area contributed by atoms with Gasteiger partial charge in [-0.3, -0.25) is 4.79 Å². The lowest BCUT2D eigenvalue weighted by Gasteiger charge is -2.43. The lowest BCUT2D eigenvalue weighted by Crippen LogP contribution is -2.51. The largest absolute Gasteiger partial charge is 0.447 e. The van der Waals surface area contributed by atoms with Crippen LogP contribution in [-0.2, 0) is 21.2 Å². The minimum absolute atomic E-state index is 0.00664. The Morgan fingerprint density at radius 2 is 1.67 bits per heavy atom. The zero-order chi connectivity index (χ0) is 34.8. The highest BCUT2D eigenvalue weighted by Gasteiger charge is 2.37. The molecule has 2 N–H and O–H groups in total. The van der Waals surface area contributed by atoms with E-state index in [-0.39, 0.29) is 46.4 Å². The molecular weight excluding hydrogens is 627 g/mol. The lowest BCUT2D eigenvalue weighted by molar-refractivity contribution is 0.0399. The van der Waals surface area contributed by atoms with Gasteiger partial charge in [-0.25, -0.2) is 27.9 Å². The zero-order valence-corrected chi connectivity index (χ0v) is 30.0. The third-order valence-electron chi connectivity index (χ3n) is 9.10. The number of hydrogen-bond donors (Lipinski definition) is 2. The summed E-state index contributed by atoms with van der Waals surface area (Å²) in [6.45, 7) is 14.2. The van der Waals surface area contributed by atoms with E-state index in [1.54, 1.807) is 12.1 Å². The first-order chi connectivity index (χ1) is 22.6. The van der Waals surface area contributed by atoms with E-state index < -0.39 is 16.1 Å².